The molecule has 1 aromatic carbocycles. The molecule has 1 aliphatic rings. The van der Waals surface area contributed by atoms with Gasteiger partial charge in [-0.3, -0.25) is 0 Å². The van der Waals surface area contributed by atoms with E-state index in [1.807, 2.05) is 12.1 Å². The maximum Gasteiger partial charge on any atom is 0.194 e. The molecule has 0 amide bonds. The van der Waals surface area contributed by atoms with Crippen LogP contribution in [0, 0.1) is 0 Å². The highest BCUT2D eigenvalue weighted by molar-refractivity contribution is 5.89. The molecule has 104 valence electrons. The third-order valence-electron chi connectivity index (χ3n) is 3.55. The Morgan fingerprint density at radius 1 is 1.37 bits per heavy atom. The first-order valence-electron chi connectivity index (χ1n) is 6.78. The van der Waals surface area contributed by atoms with Gasteiger partial charge in [-0.25, -0.2) is 4.99 Å². The van der Waals surface area contributed by atoms with E-state index >= 15 is 0 Å². The molecule has 2 rings (SSSR count). The Hall–Kier alpha value is -1.35. The number of ether oxygens (including phenoxy) is 1. The normalized spacial score (nSPS) is 18.1. The van der Waals surface area contributed by atoms with E-state index in [1.54, 1.807) is 0 Å². The summed E-state index contributed by atoms with van der Waals surface area (Å²) in [6.45, 7) is 9.24. The van der Waals surface area contributed by atoms with Gasteiger partial charge in [0.15, 0.2) is 5.90 Å². The molecule has 1 heterocycles. The molecule has 1 aromatic rings. The minimum atomic E-state index is -0.237. The summed E-state index contributed by atoms with van der Waals surface area (Å²) in [7, 11) is 0. The zero-order valence-corrected chi connectivity index (χ0v) is 12.2. The molecule has 0 unspecified atom stereocenters. The third-order valence-corrected chi connectivity index (χ3v) is 3.55. The summed E-state index contributed by atoms with van der Waals surface area (Å²) in [6, 6.07) is 8.30. The number of rotatable bonds is 4. The first kappa shape index (κ1) is 14.1. The van der Waals surface area contributed by atoms with E-state index < -0.39 is 0 Å². The highest BCUT2D eigenvalue weighted by Gasteiger charge is 2.37. The Morgan fingerprint density at radius 2 is 2.11 bits per heavy atom. The van der Waals surface area contributed by atoms with Gasteiger partial charge in [-0.2, -0.15) is 0 Å². The van der Waals surface area contributed by atoms with Crippen molar-refractivity contribution in [3.05, 3.63) is 35.4 Å². The SMILES string of the molecule is CC1(C)COC(C(C)(C)c2cccc(CCO)c2)=N1. The lowest BCUT2D eigenvalue weighted by atomic mass is 9.83. The minimum absolute atomic E-state index is 0.130. The van der Waals surface area contributed by atoms with E-state index in [0.717, 1.165) is 11.5 Å². The number of aliphatic hydroxyl groups excluding tert-OH is 1. The van der Waals surface area contributed by atoms with Crippen LogP contribution < -0.4 is 0 Å². The van der Waals surface area contributed by atoms with Crippen LogP contribution in [0.3, 0.4) is 0 Å². The Labute approximate surface area is 115 Å². The van der Waals surface area contributed by atoms with Gasteiger partial charge < -0.3 is 9.84 Å². The first-order valence-corrected chi connectivity index (χ1v) is 6.78. The molecular weight excluding hydrogens is 238 g/mol. The fourth-order valence-electron chi connectivity index (χ4n) is 2.27. The second kappa shape index (κ2) is 4.97. The molecular formula is C16H23NO2. The summed E-state index contributed by atoms with van der Waals surface area (Å²) in [4.78, 5) is 4.69. The number of aliphatic hydroxyl groups is 1. The van der Waals surface area contributed by atoms with Crippen molar-refractivity contribution >= 4 is 5.90 Å². The molecule has 0 aromatic heterocycles. The van der Waals surface area contributed by atoms with Crippen LogP contribution in [0.1, 0.15) is 38.8 Å². The van der Waals surface area contributed by atoms with Crippen molar-refractivity contribution < 1.29 is 9.84 Å². The monoisotopic (exact) mass is 261 g/mol. The Morgan fingerprint density at radius 3 is 2.68 bits per heavy atom. The molecule has 19 heavy (non-hydrogen) atoms. The van der Waals surface area contributed by atoms with Crippen molar-refractivity contribution in [1.82, 2.24) is 0 Å². The Balaban J connectivity index is 2.32. The lowest BCUT2D eigenvalue weighted by Crippen LogP contribution is -2.29. The number of aliphatic imine (C=N–C) groups is 1. The zero-order chi connectivity index (χ0) is 14.1. The summed E-state index contributed by atoms with van der Waals surface area (Å²) in [5, 5.41) is 9.05. The summed E-state index contributed by atoms with van der Waals surface area (Å²) in [6.07, 6.45) is 0.683. The number of hydrogen-bond donors (Lipinski definition) is 1. The van der Waals surface area contributed by atoms with Gasteiger partial charge in [0, 0.05) is 6.61 Å². The average molecular weight is 261 g/mol. The van der Waals surface area contributed by atoms with Gasteiger partial charge in [0.2, 0.25) is 0 Å². The van der Waals surface area contributed by atoms with Crippen LogP contribution in [-0.4, -0.2) is 29.8 Å². The van der Waals surface area contributed by atoms with Crippen LogP contribution >= 0.6 is 0 Å². The summed E-state index contributed by atoms with van der Waals surface area (Å²) in [5.74, 6) is 0.804. The molecule has 1 aliphatic heterocycles. The first-order chi connectivity index (χ1) is 8.85. The zero-order valence-electron chi connectivity index (χ0n) is 12.2. The van der Waals surface area contributed by atoms with Gasteiger partial charge in [0.25, 0.3) is 0 Å². The minimum Gasteiger partial charge on any atom is -0.478 e. The molecule has 3 nitrogen and oxygen atoms in total. The molecule has 0 bridgehead atoms. The molecule has 0 spiro atoms. The quantitative estimate of drug-likeness (QED) is 0.905. The van der Waals surface area contributed by atoms with Crippen molar-refractivity contribution in [3.63, 3.8) is 0 Å². The van der Waals surface area contributed by atoms with Crippen LogP contribution in [0.4, 0.5) is 0 Å². The summed E-state index contributed by atoms with van der Waals surface area (Å²) < 4.78 is 5.79. The largest absolute Gasteiger partial charge is 0.478 e. The van der Waals surface area contributed by atoms with E-state index in [9.17, 15) is 0 Å². The molecule has 3 heteroatoms. The smallest absolute Gasteiger partial charge is 0.194 e. The van der Waals surface area contributed by atoms with Crippen LogP contribution in [0.25, 0.3) is 0 Å². The number of hydrogen-bond acceptors (Lipinski definition) is 3. The summed E-state index contributed by atoms with van der Waals surface area (Å²) in [5.41, 5.74) is 1.95. The lowest BCUT2D eigenvalue weighted by Gasteiger charge is -2.25. The topological polar surface area (TPSA) is 41.8 Å². The highest BCUT2D eigenvalue weighted by Crippen LogP contribution is 2.31. The maximum atomic E-state index is 9.05. The molecule has 0 radical (unpaired) electrons. The predicted molar refractivity (Wildman–Crippen MR) is 77.7 cm³/mol. The van der Waals surface area contributed by atoms with Crippen molar-refractivity contribution in [3.8, 4) is 0 Å². The molecule has 0 saturated carbocycles. The van der Waals surface area contributed by atoms with Gasteiger partial charge in [0.1, 0.15) is 6.61 Å². The Bertz CT molecular complexity index is 489. The second-order valence-electron chi connectivity index (χ2n) is 6.32. The number of benzene rings is 1. The van der Waals surface area contributed by atoms with Crippen LogP contribution in [0.15, 0.2) is 29.3 Å². The molecule has 0 atom stereocenters. The van der Waals surface area contributed by atoms with Crippen LogP contribution in [-0.2, 0) is 16.6 Å². The van der Waals surface area contributed by atoms with Crippen molar-refractivity contribution in [1.29, 1.82) is 0 Å². The van der Waals surface area contributed by atoms with E-state index in [0.29, 0.717) is 13.0 Å². The number of nitrogens with zero attached hydrogens (tertiary/aromatic N) is 1. The second-order valence-corrected chi connectivity index (χ2v) is 6.32. The van der Waals surface area contributed by atoms with Crippen molar-refractivity contribution in [2.75, 3.05) is 13.2 Å². The van der Waals surface area contributed by atoms with Crippen LogP contribution in [0.2, 0.25) is 0 Å². The van der Waals surface area contributed by atoms with E-state index in [4.69, 9.17) is 9.84 Å². The molecule has 1 N–H and O–H groups in total. The average Bonchev–Trinajstić information content (AvgIpc) is 2.71. The van der Waals surface area contributed by atoms with Crippen LogP contribution in [0.5, 0.6) is 0 Å². The third kappa shape index (κ3) is 2.98. The van der Waals surface area contributed by atoms with E-state index in [2.05, 4.69) is 44.8 Å². The van der Waals surface area contributed by atoms with Gasteiger partial charge in [-0.1, -0.05) is 24.3 Å². The maximum absolute atomic E-state index is 9.05. The van der Waals surface area contributed by atoms with Gasteiger partial charge >= 0.3 is 0 Å². The molecule has 0 saturated heterocycles. The standard InChI is InChI=1S/C16H23NO2/c1-15(2)11-19-14(17-15)16(3,4)13-7-5-6-12(10-13)8-9-18/h5-7,10,18H,8-9,11H2,1-4H3. The lowest BCUT2D eigenvalue weighted by molar-refractivity contribution is 0.263. The van der Waals surface area contributed by atoms with Crippen molar-refractivity contribution in [2.24, 2.45) is 4.99 Å². The van der Waals surface area contributed by atoms with E-state index in [-0.39, 0.29) is 17.6 Å². The fourth-order valence-corrected chi connectivity index (χ4v) is 2.27. The van der Waals surface area contributed by atoms with Gasteiger partial charge in [-0.05, 0) is 45.2 Å². The molecule has 0 fully saturated rings. The van der Waals surface area contributed by atoms with Gasteiger partial charge in [-0.15, -0.1) is 0 Å². The highest BCUT2D eigenvalue weighted by atomic mass is 16.5. The fraction of sp³-hybridized carbons (Fsp3) is 0.562. The van der Waals surface area contributed by atoms with Gasteiger partial charge in [0.05, 0.1) is 11.0 Å². The Kier molecular flexibility index (Phi) is 3.68. The van der Waals surface area contributed by atoms with E-state index in [1.165, 1.54) is 5.56 Å². The van der Waals surface area contributed by atoms with Crippen molar-refractivity contribution in [2.45, 2.75) is 45.1 Å². The molecule has 0 aliphatic carbocycles. The predicted octanol–water partition coefficient (Wildman–Crippen LogP) is 2.71. The summed E-state index contributed by atoms with van der Waals surface area (Å²) >= 11 is 0.